The molecular weight excluding hydrogens is 266 g/mol. The van der Waals surface area contributed by atoms with E-state index in [4.69, 9.17) is 4.52 Å². The van der Waals surface area contributed by atoms with Crippen LogP contribution in [0, 0.1) is 6.92 Å². The van der Waals surface area contributed by atoms with Gasteiger partial charge in [0, 0.05) is 45.1 Å². The van der Waals surface area contributed by atoms with Gasteiger partial charge >= 0.3 is 0 Å². The highest BCUT2D eigenvalue weighted by Crippen LogP contribution is 2.20. The summed E-state index contributed by atoms with van der Waals surface area (Å²) in [5.41, 5.74) is 1.27. The first-order valence-corrected chi connectivity index (χ1v) is 7.38. The fraction of sp³-hybridized carbons (Fsp3) is 0.533. The maximum absolute atomic E-state index is 5.28. The average molecular weight is 287 g/mol. The average Bonchev–Trinajstić information content (AvgIpc) is 2.95. The van der Waals surface area contributed by atoms with Crippen LogP contribution >= 0.6 is 0 Å². The molecule has 1 fully saturated rings. The number of hydrogen-bond acceptors (Lipinski definition) is 6. The minimum absolute atomic E-state index is 0.187. The molecule has 21 heavy (non-hydrogen) atoms. The summed E-state index contributed by atoms with van der Waals surface area (Å²) in [6, 6.07) is 4.31. The lowest BCUT2D eigenvalue weighted by atomic mass is 10.2. The zero-order valence-corrected chi connectivity index (χ0v) is 12.6. The van der Waals surface area contributed by atoms with E-state index in [9.17, 15) is 0 Å². The summed E-state index contributed by atoms with van der Waals surface area (Å²) in [5, 5.41) is 3.87. The van der Waals surface area contributed by atoms with Gasteiger partial charge in [-0.15, -0.1) is 0 Å². The van der Waals surface area contributed by atoms with Gasteiger partial charge in [0.25, 0.3) is 0 Å². The van der Waals surface area contributed by atoms with Crippen molar-refractivity contribution < 1.29 is 4.52 Å². The van der Waals surface area contributed by atoms with E-state index in [-0.39, 0.29) is 6.04 Å². The molecule has 2 aromatic heterocycles. The van der Waals surface area contributed by atoms with Gasteiger partial charge < -0.3 is 4.52 Å². The predicted octanol–water partition coefficient (Wildman–Crippen LogP) is 1.65. The Bertz CT molecular complexity index is 562. The molecule has 0 saturated carbocycles. The van der Waals surface area contributed by atoms with E-state index in [1.54, 1.807) is 0 Å². The largest absolute Gasteiger partial charge is 0.338 e. The van der Waals surface area contributed by atoms with Crippen LogP contribution in [-0.2, 0) is 6.54 Å². The van der Waals surface area contributed by atoms with Crippen molar-refractivity contribution in [1.82, 2.24) is 24.9 Å². The Labute approximate surface area is 124 Å². The third kappa shape index (κ3) is 3.46. The second-order valence-corrected chi connectivity index (χ2v) is 5.53. The van der Waals surface area contributed by atoms with Gasteiger partial charge in [0.15, 0.2) is 5.82 Å². The standard InChI is InChI=1S/C15H21N5O/c1-12(15-17-13(2)18-21-15)20-8-6-19(7-9-20)11-14-4-3-5-16-10-14/h3-5,10,12H,6-9,11H2,1-2H3. The van der Waals surface area contributed by atoms with E-state index in [2.05, 4.69) is 37.9 Å². The van der Waals surface area contributed by atoms with Crippen LogP contribution in [0.1, 0.15) is 30.2 Å². The minimum atomic E-state index is 0.187. The van der Waals surface area contributed by atoms with Crippen molar-refractivity contribution in [2.75, 3.05) is 26.2 Å². The number of pyridine rings is 1. The molecule has 1 unspecified atom stereocenters. The molecule has 1 aliphatic rings. The number of rotatable bonds is 4. The number of hydrogen-bond donors (Lipinski definition) is 0. The summed E-state index contributed by atoms with van der Waals surface area (Å²) >= 11 is 0. The first-order chi connectivity index (χ1) is 10.2. The van der Waals surface area contributed by atoms with Gasteiger partial charge in [-0.3, -0.25) is 14.8 Å². The van der Waals surface area contributed by atoms with Gasteiger partial charge in [-0.25, -0.2) is 0 Å². The van der Waals surface area contributed by atoms with Crippen LogP contribution in [0.2, 0.25) is 0 Å². The summed E-state index contributed by atoms with van der Waals surface area (Å²) in [6.07, 6.45) is 3.76. The van der Waals surface area contributed by atoms with Crippen LogP contribution in [0.3, 0.4) is 0 Å². The molecule has 0 bridgehead atoms. The lowest BCUT2D eigenvalue weighted by Crippen LogP contribution is -2.46. The van der Waals surface area contributed by atoms with E-state index in [0.717, 1.165) is 32.7 Å². The van der Waals surface area contributed by atoms with Crippen molar-refractivity contribution in [3.05, 3.63) is 41.8 Å². The van der Waals surface area contributed by atoms with Crippen molar-refractivity contribution in [3.63, 3.8) is 0 Å². The second-order valence-electron chi connectivity index (χ2n) is 5.53. The van der Waals surface area contributed by atoms with Gasteiger partial charge in [-0.2, -0.15) is 4.98 Å². The van der Waals surface area contributed by atoms with Crippen LogP contribution in [0.5, 0.6) is 0 Å². The fourth-order valence-electron chi connectivity index (χ4n) is 2.70. The Morgan fingerprint density at radius 1 is 1.29 bits per heavy atom. The molecule has 0 aromatic carbocycles. The van der Waals surface area contributed by atoms with Gasteiger partial charge in [-0.05, 0) is 25.5 Å². The molecule has 2 aromatic rings. The lowest BCUT2D eigenvalue weighted by molar-refractivity contribution is 0.0845. The Hall–Kier alpha value is -1.79. The van der Waals surface area contributed by atoms with Gasteiger partial charge in [0.2, 0.25) is 5.89 Å². The first-order valence-electron chi connectivity index (χ1n) is 7.38. The summed E-state index contributed by atoms with van der Waals surface area (Å²) in [4.78, 5) is 13.4. The monoisotopic (exact) mass is 287 g/mol. The number of aryl methyl sites for hydroxylation is 1. The smallest absolute Gasteiger partial charge is 0.243 e. The molecule has 6 heteroatoms. The molecule has 1 aliphatic heterocycles. The Balaban J connectivity index is 1.53. The van der Waals surface area contributed by atoms with Gasteiger partial charge in [0.1, 0.15) is 0 Å². The van der Waals surface area contributed by atoms with Crippen molar-refractivity contribution in [1.29, 1.82) is 0 Å². The van der Waals surface area contributed by atoms with E-state index in [1.807, 2.05) is 25.4 Å². The summed E-state index contributed by atoms with van der Waals surface area (Å²) in [5.74, 6) is 1.42. The molecule has 3 rings (SSSR count). The van der Waals surface area contributed by atoms with Crippen molar-refractivity contribution in [3.8, 4) is 0 Å². The van der Waals surface area contributed by atoms with Gasteiger partial charge in [-0.1, -0.05) is 11.2 Å². The molecule has 1 saturated heterocycles. The fourth-order valence-corrected chi connectivity index (χ4v) is 2.70. The Morgan fingerprint density at radius 3 is 2.71 bits per heavy atom. The highest BCUT2D eigenvalue weighted by Gasteiger charge is 2.25. The SMILES string of the molecule is Cc1noc(C(C)N2CCN(Cc3cccnc3)CC2)n1. The second kappa shape index (κ2) is 6.32. The molecular formula is C15H21N5O. The van der Waals surface area contributed by atoms with Crippen LogP contribution in [0.25, 0.3) is 0 Å². The van der Waals surface area contributed by atoms with Crippen molar-refractivity contribution in [2.24, 2.45) is 0 Å². The third-order valence-corrected chi connectivity index (χ3v) is 3.98. The first kappa shape index (κ1) is 14.2. The van der Waals surface area contributed by atoms with E-state index >= 15 is 0 Å². The molecule has 0 N–H and O–H groups in total. The zero-order valence-electron chi connectivity index (χ0n) is 12.6. The zero-order chi connectivity index (χ0) is 14.7. The van der Waals surface area contributed by atoms with Crippen LogP contribution in [0.4, 0.5) is 0 Å². The van der Waals surface area contributed by atoms with Crippen molar-refractivity contribution in [2.45, 2.75) is 26.4 Å². The molecule has 0 aliphatic carbocycles. The quantitative estimate of drug-likeness (QED) is 0.852. The van der Waals surface area contributed by atoms with E-state index in [1.165, 1.54) is 5.56 Å². The number of aromatic nitrogens is 3. The molecule has 0 radical (unpaired) electrons. The highest BCUT2D eigenvalue weighted by molar-refractivity contribution is 5.08. The summed E-state index contributed by atoms with van der Waals surface area (Å²) < 4.78 is 5.28. The van der Waals surface area contributed by atoms with E-state index < -0.39 is 0 Å². The molecule has 0 spiro atoms. The van der Waals surface area contributed by atoms with E-state index in [0.29, 0.717) is 11.7 Å². The molecule has 6 nitrogen and oxygen atoms in total. The topological polar surface area (TPSA) is 58.3 Å². The summed E-state index contributed by atoms with van der Waals surface area (Å²) in [7, 11) is 0. The lowest BCUT2D eigenvalue weighted by Gasteiger charge is -2.36. The molecule has 112 valence electrons. The summed E-state index contributed by atoms with van der Waals surface area (Å²) in [6.45, 7) is 9.08. The predicted molar refractivity (Wildman–Crippen MR) is 78.5 cm³/mol. The normalized spacial score (nSPS) is 18.8. The van der Waals surface area contributed by atoms with Gasteiger partial charge in [0.05, 0.1) is 6.04 Å². The molecule has 3 heterocycles. The molecule has 0 amide bonds. The molecule has 1 atom stereocenters. The highest BCUT2D eigenvalue weighted by atomic mass is 16.5. The Morgan fingerprint density at radius 2 is 2.10 bits per heavy atom. The minimum Gasteiger partial charge on any atom is -0.338 e. The number of piperazine rings is 1. The maximum Gasteiger partial charge on any atom is 0.243 e. The van der Waals surface area contributed by atoms with Crippen molar-refractivity contribution >= 4 is 0 Å². The van der Waals surface area contributed by atoms with Crippen LogP contribution < -0.4 is 0 Å². The third-order valence-electron chi connectivity index (χ3n) is 3.98. The van der Waals surface area contributed by atoms with Crippen LogP contribution in [-0.4, -0.2) is 51.1 Å². The number of nitrogens with zero attached hydrogens (tertiary/aromatic N) is 5. The Kier molecular flexibility index (Phi) is 4.26. The van der Waals surface area contributed by atoms with Crippen LogP contribution in [0.15, 0.2) is 29.0 Å². The maximum atomic E-state index is 5.28.